The maximum Gasteiger partial charge on any atom is 0.189 e. The quantitative estimate of drug-likeness (QED) is 0.780. The minimum atomic E-state index is 0.0828. The Kier molecular flexibility index (Phi) is 2.43. The van der Waals surface area contributed by atoms with Gasteiger partial charge in [0.1, 0.15) is 0 Å². The van der Waals surface area contributed by atoms with Crippen molar-refractivity contribution in [1.82, 2.24) is 4.98 Å². The van der Waals surface area contributed by atoms with Gasteiger partial charge in [-0.1, -0.05) is 15.9 Å². The fourth-order valence-corrected chi connectivity index (χ4v) is 2.21. The fourth-order valence-electron chi connectivity index (χ4n) is 1.89. The number of hydrogen-bond donors (Lipinski definition) is 1. The van der Waals surface area contributed by atoms with Crippen LogP contribution in [0.2, 0.25) is 0 Å². The number of aromatic nitrogens is 1. The van der Waals surface area contributed by atoms with Crippen molar-refractivity contribution in [3.05, 3.63) is 43.6 Å². The fraction of sp³-hybridized carbons (Fsp3) is 0.250. The van der Waals surface area contributed by atoms with Crippen molar-refractivity contribution in [3.8, 4) is 0 Å². The van der Waals surface area contributed by atoms with Gasteiger partial charge in [-0.05, 0) is 38.0 Å². The van der Waals surface area contributed by atoms with E-state index in [9.17, 15) is 4.79 Å². The van der Waals surface area contributed by atoms with Crippen molar-refractivity contribution in [2.24, 2.45) is 0 Å². The molecule has 1 N–H and O–H groups in total. The first-order chi connectivity index (χ1) is 7.00. The predicted octanol–water partition coefficient (Wildman–Crippen LogP) is 3.22. The van der Waals surface area contributed by atoms with Crippen molar-refractivity contribution >= 4 is 26.8 Å². The Labute approximate surface area is 96.5 Å². The summed E-state index contributed by atoms with van der Waals surface area (Å²) in [6.07, 6.45) is 0. The molecule has 2 nitrogen and oxygen atoms in total. The summed E-state index contributed by atoms with van der Waals surface area (Å²) in [6, 6.07) is 3.64. The summed E-state index contributed by atoms with van der Waals surface area (Å²) < 4.78 is 1.02. The van der Waals surface area contributed by atoms with E-state index in [-0.39, 0.29) is 5.43 Å². The summed E-state index contributed by atoms with van der Waals surface area (Å²) in [7, 11) is 0. The Morgan fingerprint density at radius 1 is 1.20 bits per heavy atom. The molecule has 0 radical (unpaired) electrons. The molecular weight excluding hydrogens is 254 g/mol. The van der Waals surface area contributed by atoms with E-state index >= 15 is 0 Å². The molecule has 0 aliphatic heterocycles. The monoisotopic (exact) mass is 265 g/mol. The first kappa shape index (κ1) is 10.4. The molecule has 1 aromatic heterocycles. The molecule has 0 atom stereocenters. The average Bonchev–Trinajstić information content (AvgIpc) is 2.13. The summed E-state index contributed by atoms with van der Waals surface area (Å²) in [5.41, 5.74) is 4.04. The van der Waals surface area contributed by atoms with Crippen LogP contribution in [0.15, 0.2) is 21.4 Å². The molecule has 0 spiro atoms. The van der Waals surface area contributed by atoms with Gasteiger partial charge in [0.25, 0.3) is 0 Å². The Morgan fingerprint density at radius 2 is 1.87 bits per heavy atom. The van der Waals surface area contributed by atoms with Crippen molar-refractivity contribution in [1.29, 1.82) is 0 Å². The molecule has 0 amide bonds. The summed E-state index contributed by atoms with van der Waals surface area (Å²) >= 11 is 3.50. The smallest absolute Gasteiger partial charge is 0.189 e. The molecular formula is C12H12BrNO. The zero-order valence-corrected chi connectivity index (χ0v) is 10.5. The molecule has 0 aliphatic rings. The molecule has 2 rings (SSSR count). The largest absolute Gasteiger partial charge is 0.358 e. The standard InChI is InChI=1S/C12H12BrNO/c1-6-4-9-11(8(3)12(6)13)10(15)5-7(2)14-9/h4-5H,1-3H3,(H,14,15). The number of fused-ring (bicyclic) bond motifs is 1. The van der Waals surface area contributed by atoms with E-state index in [1.165, 1.54) is 0 Å². The van der Waals surface area contributed by atoms with Crippen LogP contribution in [0.3, 0.4) is 0 Å². The normalized spacial score (nSPS) is 10.9. The van der Waals surface area contributed by atoms with Crippen LogP contribution >= 0.6 is 15.9 Å². The van der Waals surface area contributed by atoms with Crippen LogP contribution in [0.5, 0.6) is 0 Å². The highest BCUT2D eigenvalue weighted by Crippen LogP contribution is 2.26. The maximum absolute atomic E-state index is 11.8. The zero-order chi connectivity index (χ0) is 11.2. The number of halogens is 1. The number of nitrogens with one attached hydrogen (secondary N) is 1. The van der Waals surface area contributed by atoms with E-state index in [2.05, 4.69) is 20.9 Å². The van der Waals surface area contributed by atoms with Gasteiger partial charge in [0, 0.05) is 21.6 Å². The number of rotatable bonds is 0. The first-order valence-corrected chi connectivity index (χ1v) is 5.59. The van der Waals surface area contributed by atoms with Gasteiger partial charge in [-0.25, -0.2) is 0 Å². The highest BCUT2D eigenvalue weighted by molar-refractivity contribution is 9.10. The average molecular weight is 266 g/mol. The van der Waals surface area contributed by atoms with Crippen LogP contribution in [0.25, 0.3) is 10.9 Å². The second-order valence-electron chi connectivity index (χ2n) is 3.87. The van der Waals surface area contributed by atoms with Gasteiger partial charge in [0.2, 0.25) is 0 Å². The predicted molar refractivity (Wildman–Crippen MR) is 66.5 cm³/mol. The van der Waals surface area contributed by atoms with Crippen LogP contribution in [0.4, 0.5) is 0 Å². The summed E-state index contributed by atoms with van der Waals surface area (Å²) in [5, 5.41) is 0.776. The topological polar surface area (TPSA) is 32.9 Å². The molecule has 0 saturated carbocycles. The van der Waals surface area contributed by atoms with Gasteiger partial charge in [0.15, 0.2) is 5.43 Å². The van der Waals surface area contributed by atoms with Gasteiger partial charge >= 0.3 is 0 Å². The van der Waals surface area contributed by atoms with Crippen molar-refractivity contribution < 1.29 is 0 Å². The lowest BCUT2D eigenvalue weighted by atomic mass is 10.1. The zero-order valence-electron chi connectivity index (χ0n) is 8.94. The molecule has 0 saturated heterocycles. The van der Waals surface area contributed by atoms with Crippen molar-refractivity contribution in [2.75, 3.05) is 0 Å². The minimum absolute atomic E-state index is 0.0828. The van der Waals surface area contributed by atoms with Gasteiger partial charge in [-0.3, -0.25) is 4.79 Å². The molecule has 1 heterocycles. The number of benzene rings is 1. The van der Waals surface area contributed by atoms with Gasteiger partial charge in [-0.15, -0.1) is 0 Å². The summed E-state index contributed by atoms with van der Waals surface area (Å²) in [5.74, 6) is 0. The third-order valence-corrected chi connectivity index (χ3v) is 3.83. The summed E-state index contributed by atoms with van der Waals surface area (Å²) in [6.45, 7) is 5.88. The third kappa shape index (κ3) is 1.61. The van der Waals surface area contributed by atoms with Gasteiger partial charge in [-0.2, -0.15) is 0 Å². The van der Waals surface area contributed by atoms with Crippen LogP contribution < -0.4 is 5.43 Å². The van der Waals surface area contributed by atoms with Gasteiger partial charge < -0.3 is 4.98 Å². The minimum Gasteiger partial charge on any atom is -0.358 e. The van der Waals surface area contributed by atoms with Gasteiger partial charge in [0.05, 0.1) is 5.52 Å². The number of H-pyrrole nitrogens is 1. The molecule has 78 valence electrons. The molecule has 1 aromatic carbocycles. The van der Waals surface area contributed by atoms with Crippen molar-refractivity contribution in [2.45, 2.75) is 20.8 Å². The van der Waals surface area contributed by atoms with E-state index in [1.54, 1.807) is 6.07 Å². The van der Waals surface area contributed by atoms with Crippen LogP contribution in [-0.2, 0) is 0 Å². The van der Waals surface area contributed by atoms with E-state index in [0.717, 1.165) is 32.2 Å². The molecule has 3 heteroatoms. The Morgan fingerprint density at radius 3 is 2.53 bits per heavy atom. The number of pyridine rings is 1. The van der Waals surface area contributed by atoms with E-state index in [1.807, 2.05) is 26.8 Å². The SMILES string of the molecule is Cc1cc(=O)c2c(C)c(Br)c(C)cc2[nH]1. The van der Waals surface area contributed by atoms with Crippen molar-refractivity contribution in [3.63, 3.8) is 0 Å². The second-order valence-corrected chi connectivity index (χ2v) is 4.66. The molecule has 2 aromatic rings. The maximum atomic E-state index is 11.8. The first-order valence-electron chi connectivity index (χ1n) is 4.80. The molecule has 0 fully saturated rings. The lowest BCUT2D eigenvalue weighted by molar-refractivity contribution is 1.22. The Bertz CT molecular complexity index is 599. The van der Waals surface area contributed by atoms with E-state index in [4.69, 9.17) is 0 Å². The van der Waals surface area contributed by atoms with Crippen LogP contribution in [-0.4, -0.2) is 4.98 Å². The van der Waals surface area contributed by atoms with E-state index in [0.29, 0.717) is 0 Å². The second kappa shape index (κ2) is 3.49. The Hall–Kier alpha value is -1.09. The number of aromatic amines is 1. The number of hydrogen-bond acceptors (Lipinski definition) is 1. The molecule has 0 aliphatic carbocycles. The Balaban J connectivity index is 3.06. The van der Waals surface area contributed by atoms with Crippen LogP contribution in [0.1, 0.15) is 16.8 Å². The molecule has 0 unspecified atom stereocenters. The lowest BCUT2D eigenvalue weighted by Gasteiger charge is -2.08. The van der Waals surface area contributed by atoms with E-state index < -0.39 is 0 Å². The molecule has 15 heavy (non-hydrogen) atoms. The molecule has 0 bridgehead atoms. The summed E-state index contributed by atoms with van der Waals surface area (Å²) in [4.78, 5) is 15.1. The third-order valence-electron chi connectivity index (χ3n) is 2.61. The lowest BCUT2D eigenvalue weighted by Crippen LogP contribution is -2.05. The number of aryl methyl sites for hydroxylation is 3. The highest BCUT2D eigenvalue weighted by atomic mass is 79.9. The highest BCUT2D eigenvalue weighted by Gasteiger charge is 2.08. The van der Waals surface area contributed by atoms with Crippen LogP contribution in [0, 0.1) is 20.8 Å².